The van der Waals surface area contributed by atoms with E-state index >= 15 is 0 Å². The zero-order valence-electron chi connectivity index (χ0n) is 19.4. The molecule has 1 aliphatic rings. The number of benzene rings is 3. The fourth-order valence-electron chi connectivity index (χ4n) is 4.51. The Bertz CT molecular complexity index is 1400. The number of likely N-dealkylation sites (tertiary alicyclic amines) is 1. The molecule has 1 amide bonds. The predicted octanol–water partition coefficient (Wildman–Crippen LogP) is 7.02. The van der Waals surface area contributed by atoms with E-state index in [1.54, 1.807) is 24.3 Å². The number of alkyl halides is 2. The van der Waals surface area contributed by atoms with Gasteiger partial charge in [0.25, 0.3) is 11.8 Å². The Morgan fingerprint density at radius 1 is 0.833 bits per heavy atom. The average molecular weight is 488 g/mol. The number of nitrogens with zero attached hydrogens (tertiary/aromatic N) is 1. The van der Waals surface area contributed by atoms with Crippen LogP contribution in [0.4, 0.5) is 13.2 Å². The molecule has 182 valence electrons. The summed E-state index contributed by atoms with van der Waals surface area (Å²) < 4.78 is 40.5. The van der Waals surface area contributed by atoms with Crippen molar-refractivity contribution in [2.45, 2.75) is 18.8 Å². The van der Waals surface area contributed by atoms with Gasteiger partial charge in [0.1, 0.15) is 5.82 Å². The highest BCUT2D eigenvalue weighted by molar-refractivity contribution is 5.95. The van der Waals surface area contributed by atoms with Crippen molar-refractivity contribution < 1.29 is 18.0 Å². The molecular weight excluding hydrogens is 463 g/mol. The van der Waals surface area contributed by atoms with E-state index in [0.717, 1.165) is 33.5 Å². The monoisotopic (exact) mass is 487 g/mol. The molecule has 1 fully saturated rings. The van der Waals surface area contributed by atoms with Gasteiger partial charge < -0.3 is 15.3 Å². The van der Waals surface area contributed by atoms with Gasteiger partial charge in [-0.15, -0.1) is 0 Å². The largest absolute Gasteiger partial charge is 0.354 e. The molecule has 1 aromatic heterocycles. The van der Waals surface area contributed by atoms with E-state index in [2.05, 4.69) is 4.98 Å². The van der Waals surface area contributed by atoms with Crippen molar-refractivity contribution >= 4 is 12.1 Å². The lowest BCUT2D eigenvalue weighted by molar-refractivity contribution is -0.0494. The van der Waals surface area contributed by atoms with Gasteiger partial charge in [0, 0.05) is 49.0 Å². The molecule has 0 radical (unpaired) electrons. The second-order valence-electron chi connectivity index (χ2n) is 8.96. The highest BCUT2D eigenvalue weighted by Crippen LogP contribution is 2.36. The zero-order chi connectivity index (χ0) is 25.3. The van der Waals surface area contributed by atoms with Crippen LogP contribution in [0, 0.1) is 11.2 Å². The molecule has 0 unspecified atom stereocenters. The molecular formula is C29H24F3N3O. The summed E-state index contributed by atoms with van der Waals surface area (Å²) in [5.74, 6) is -3.26. The first-order valence-electron chi connectivity index (χ1n) is 11.7. The van der Waals surface area contributed by atoms with Gasteiger partial charge in [0.05, 0.1) is 5.69 Å². The van der Waals surface area contributed by atoms with Crippen LogP contribution in [0.5, 0.6) is 0 Å². The molecule has 0 atom stereocenters. The number of carbonyl (C=O) groups excluding carboxylic acids is 1. The van der Waals surface area contributed by atoms with Crippen LogP contribution in [0.25, 0.3) is 33.5 Å². The highest BCUT2D eigenvalue weighted by Gasteiger charge is 2.35. The van der Waals surface area contributed by atoms with Crippen molar-refractivity contribution in [1.82, 2.24) is 9.88 Å². The third kappa shape index (κ3) is 4.82. The number of halogens is 3. The van der Waals surface area contributed by atoms with Crippen molar-refractivity contribution in [3.05, 3.63) is 95.9 Å². The van der Waals surface area contributed by atoms with Crippen molar-refractivity contribution in [3.8, 4) is 33.5 Å². The van der Waals surface area contributed by atoms with Gasteiger partial charge in [-0.05, 0) is 64.7 Å². The van der Waals surface area contributed by atoms with Gasteiger partial charge in [-0.3, -0.25) is 4.79 Å². The van der Waals surface area contributed by atoms with E-state index in [1.807, 2.05) is 42.5 Å². The van der Waals surface area contributed by atoms with Crippen LogP contribution < -0.4 is 0 Å². The van der Waals surface area contributed by atoms with E-state index in [0.29, 0.717) is 11.3 Å². The first kappa shape index (κ1) is 23.6. The number of amides is 1. The van der Waals surface area contributed by atoms with Crippen LogP contribution in [-0.2, 0) is 0 Å². The molecule has 0 saturated carbocycles. The van der Waals surface area contributed by atoms with Crippen LogP contribution >= 0.6 is 0 Å². The summed E-state index contributed by atoms with van der Waals surface area (Å²) >= 11 is 0. The number of rotatable bonds is 5. The Labute approximate surface area is 206 Å². The molecule has 0 aliphatic carbocycles. The Hall–Kier alpha value is -4.13. The summed E-state index contributed by atoms with van der Waals surface area (Å²) in [6.45, 7) is 0.100. The van der Waals surface area contributed by atoms with Gasteiger partial charge in [-0.2, -0.15) is 0 Å². The zero-order valence-corrected chi connectivity index (χ0v) is 19.4. The Balaban J connectivity index is 1.46. The maximum atomic E-state index is 13.6. The maximum Gasteiger partial charge on any atom is 0.253 e. The van der Waals surface area contributed by atoms with Crippen LogP contribution in [-0.4, -0.2) is 41.0 Å². The summed E-state index contributed by atoms with van der Waals surface area (Å²) in [6.07, 6.45) is 0.628. The first-order valence-corrected chi connectivity index (χ1v) is 11.7. The molecule has 4 nitrogen and oxygen atoms in total. The fourth-order valence-corrected chi connectivity index (χ4v) is 4.51. The predicted molar refractivity (Wildman–Crippen MR) is 135 cm³/mol. The minimum absolute atomic E-state index is 0.0501. The quantitative estimate of drug-likeness (QED) is 0.292. The van der Waals surface area contributed by atoms with Crippen LogP contribution in [0.2, 0.25) is 0 Å². The lowest BCUT2D eigenvalue weighted by atomic mass is 9.93. The van der Waals surface area contributed by atoms with Crippen molar-refractivity contribution in [2.24, 2.45) is 0 Å². The van der Waals surface area contributed by atoms with Gasteiger partial charge in [0.15, 0.2) is 0 Å². The average Bonchev–Trinajstić information content (AvgIpc) is 3.38. The van der Waals surface area contributed by atoms with Gasteiger partial charge in [0.2, 0.25) is 0 Å². The fraction of sp³-hybridized carbons (Fsp3) is 0.172. The standard InChI is InChI=1S/C29H24F3N3O/c30-23-8-5-20(6-9-23)26-17-22(7-11-25(26)27-12-10-24(18-33)34-27)19-1-3-21(4-2-19)28(36)35-15-13-29(31,32)14-16-35/h1-12,17-18,33-34H,13-16H2. The molecule has 36 heavy (non-hydrogen) atoms. The SMILES string of the molecule is N=Cc1ccc(-c2ccc(-c3ccc(C(=O)N4CCC(F)(F)CC4)cc3)cc2-c2ccc(F)cc2)[nH]1. The molecule has 1 saturated heterocycles. The second-order valence-corrected chi connectivity index (χ2v) is 8.96. The molecule has 0 spiro atoms. The van der Waals surface area contributed by atoms with E-state index in [9.17, 15) is 18.0 Å². The highest BCUT2D eigenvalue weighted by atomic mass is 19.3. The van der Waals surface area contributed by atoms with Gasteiger partial charge in [-0.1, -0.05) is 36.4 Å². The first-order chi connectivity index (χ1) is 17.3. The topological polar surface area (TPSA) is 60.0 Å². The molecule has 1 aliphatic heterocycles. The lowest BCUT2D eigenvalue weighted by Crippen LogP contribution is -2.42. The molecule has 4 aromatic rings. The maximum absolute atomic E-state index is 13.6. The van der Waals surface area contributed by atoms with Crippen molar-refractivity contribution in [1.29, 1.82) is 5.41 Å². The summed E-state index contributed by atoms with van der Waals surface area (Å²) in [5.41, 5.74) is 6.42. The molecule has 7 heteroatoms. The van der Waals surface area contributed by atoms with Crippen LogP contribution in [0.1, 0.15) is 28.9 Å². The number of H-pyrrole nitrogens is 1. The van der Waals surface area contributed by atoms with Crippen molar-refractivity contribution in [2.75, 3.05) is 13.1 Å². The molecule has 0 bridgehead atoms. The molecule has 2 heterocycles. The summed E-state index contributed by atoms with van der Waals surface area (Å²) in [6, 6.07) is 23.1. The van der Waals surface area contributed by atoms with Crippen LogP contribution in [0.3, 0.4) is 0 Å². The smallest absolute Gasteiger partial charge is 0.253 e. The van der Waals surface area contributed by atoms with Gasteiger partial charge in [-0.25, -0.2) is 13.2 Å². The second kappa shape index (κ2) is 9.49. The Kier molecular flexibility index (Phi) is 6.22. The molecule has 2 N–H and O–H groups in total. The van der Waals surface area contributed by atoms with E-state index < -0.39 is 5.92 Å². The molecule has 5 rings (SSSR count). The summed E-state index contributed by atoms with van der Waals surface area (Å²) in [5, 5.41) is 7.48. The summed E-state index contributed by atoms with van der Waals surface area (Å²) in [4.78, 5) is 17.5. The summed E-state index contributed by atoms with van der Waals surface area (Å²) in [7, 11) is 0. The minimum Gasteiger partial charge on any atom is -0.354 e. The van der Waals surface area contributed by atoms with Crippen molar-refractivity contribution in [3.63, 3.8) is 0 Å². The number of aromatic amines is 1. The van der Waals surface area contributed by atoms with E-state index in [4.69, 9.17) is 5.41 Å². The number of nitrogens with one attached hydrogen (secondary N) is 2. The van der Waals surface area contributed by atoms with Crippen LogP contribution in [0.15, 0.2) is 78.9 Å². The number of piperidine rings is 1. The minimum atomic E-state index is -2.70. The number of carbonyl (C=O) groups is 1. The number of hydrogen-bond donors (Lipinski definition) is 2. The lowest BCUT2D eigenvalue weighted by Gasteiger charge is -2.31. The number of aromatic nitrogens is 1. The Morgan fingerprint density at radius 2 is 1.47 bits per heavy atom. The normalized spacial score (nSPS) is 15.0. The Morgan fingerprint density at radius 3 is 2.11 bits per heavy atom. The van der Waals surface area contributed by atoms with E-state index in [1.165, 1.54) is 23.2 Å². The third-order valence-corrected chi connectivity index (χ3v) is 6.58. The number of hydrogen-bond acceptors (Lipinski definition) is 2. The van der Waals surface area contributed by atoms with Gasteiger partial charge >= 0.3 is 0 Å². The van der Waals surface area contributed by atoms with E-state index in [-0.39, 0.29) is 37.7 Å². The third-order valence-electron chi connectivity index (χ3n) is 6.58. The molecule has 3 aromatic carbocycles.